The molecule has 0 spiro atoms. The molecule has 18 heavy (non-hydrogen) atoms. The number of hydrogen-bond donors (Lipinski definition) is 1. The van der Waals surface area contributed by atoms with Gasteiger partial charge in [-0.3, -0.25) is 4.57 Å². The second kappa shape index (κ2) is 3.86. The SMILES string of the molecule is N#Cc1cccn1-c1ncnc2ccc(N)cc12. The quantitative estimate of drug-likeness (QED) is 0.653. The van der Waals surface area contributed by atoms with Crippen molar-refractivity contribution in [3.8, 4) is 11.9 Å². The van der Waals surface area contributed by atoms with Gasteiger partial charge < -0.3 is 5.73 Å². The van der Waals surface area contributed by atoms with E-state index in [1.165, 1.54) is 6.33 Å². The molecule has 5 nitrogen and oxygen atoms in total. The third kappa shape index (κ3) is 1.48. The average molecular weight is 235 g/mol. The van der Waals surface area contributed by atoms with Gasteiger partial charge in [-0.1, -0.05) is 0 Å². The van der Waals surface area contributed by atoms with Gasteiger partial charge in [-0.25, -0.2) is 9.97 Å². The summed E-state index contributed by atoms with van der Waals surface area (Å²) in [6.45, 7) is 0. The molecule has 0 saturated heterocycles. The first-order chi connectivity index (χ1) is 8.79. The number of nitrogens with two attached hydrogens (primary N) is 1. The standard InChI is InChI=1S/C13H9N5/c14-7-10-2-1-5-18(10)13-11-6-9(15)3-4-12(11)16-8-17-13/h1-6,8H,15H2. The van der Waals surface area contributed by atoms with Gasteiger partial charge in [0, 0.05) is 17.3 Å². The van der Waals surface area contributed by atoms with Crippen molar-refractivity contribution in [2.45, 2.75) is 0 Å². The van der Waals surface area contributed by atoms with Crippen LogP contribution in [0.15, 0.2) is 42.9 Å². The number of aromatic nitrogens is 3. The Labute approximate surface area is 103 Å². The molecule has 0 atom stereocenters. The minimum atomic E-state index is 0.525. The summed E-state index contributed by atoms with van der Waals surface area (Å²) in [6, 6.07) is 11.1. The summed E-state index contributed by atoms with van der Waals surface area (Å²) in [4.78, 5) is 8.43. The molecule has 0 radical (unpaired) electrons. The smallest absolute Gasteiger partial charge is 0.149 e. The molecule has 2 N–H and O–H groups in total. The van der Waals surface area contributed by atoms with Crippen LogP contribution >= 0.6 is 0 Å². The van der Waals surface area contributed by atoms with E-state index in [2.05, 4.69) is 16.0 Å². The lowest BCUT2D eigenvalue weighted by Gasteiger charge is -2.07. The molecule has 2 aromatic heterocycles. The summed E-state index contributed by atoms with van der Waals surface area (Å²) in [5, 5.41) is 9.88. The van der Waals surface area contributed by atoms with Crippen molar-refractivity contribution in [2.24, 2.45) is 0 Å². The number of nitrogen functional groups attached to an aromatic ring is 1. The Morgan fingerprint density at radius 1 is 1.22 bits per heavy atom. The van der Waals surface area contributed by atoms with E-state index in [1.807, 2.05) is 12.1 Å². The zero-order valence-electron chi connectivity index (χ0n) is 9.41. The Hall–Kier alpha value is -2.87. The molecular weight excluding hydrogens is 226 g/mol. The lowest BCUT2D eigenvalue weighted by atomic mass is 10.2. The van der Waals surface area contributed by atoms with Gasteiger partial charge >= 0.3 is 0 Å². The van der Waals surface area contributed by atoms with Crippen molar-refractivity contribution in [3.63, 3.8) is 0 Å². The molecule has 0 aliphatic carbocycles. The van der Waals surface area contributed by atoms with E-state index in [0.29, 0.717) is 17.2 Å². The molecular formula is C13H9N5. The molecule has 0 saturated carbocycles. The van der Waals surface area contributed by atoms with Crippen molar-refractivity contribution in [3.05, 3.63) is 48.5 Å². The van der Waals surface area contributed by atoms with Crippen LogP contribution in [0.3, 0.4) is 0 Å². The van der Waals surface area contributed by atoms with E-state index in [4.69, 9.17) is 11.0 Å². The number of rotatable bonds is 1. The summed E-state index contributed by atoms with van der Waals surface area (Å²) in [7, 11) is 0. The Morgan fingerprint density at radius 2 is 2.11 bits per heavy atom. The van der Waals surface area contributed by atoms with Gasteiger partial charge in [-0.2, -0.15) is 5.26 Å². The van der Waals surface area contributed by atoms with E-state index in [0.717, 1.165) is 10.9 Å². The van der Waals surface area contributed by atoms with Crippen LogP contribution in [-0.4, -0.2) is 14.5 Å². The van der Waals surface area contributed by atoms with Crippen LogP contribution in [0.25, 0.3) is 16.7 Å². The van der Waals surface area contributed by atoms with Gasteiger partial charge in [-0.15, -0.1) is 0 Å². The average Bonchev–Trinajstić information content (AvgIpc) is 2.86. The van der Waals surface area contributed by atoms with Crippen LogP contribution in [0, 0.1) is 11.3 Å². The Morgan fingerprint density at radius 3 is 2.94 bits per heavy atom. The maximum atomic E-state index is 9.06. The van der Waals surface area contributed by atoms with Crippen LogP contribution in [0.4, 0.5) is 5.69 Å². The Bertz CT molecular complexity index is 766. The fraction of sp³-hybridized carbons (Fsp3) is 0. The van der Waals surface area contributed by atoms with Gasteiger partial charge in [-0.05, 0) is 30.3 Å². The highest BCUT2D eigenvalue weighted by atomic mass is 15.1. The van der Waals surface area contributed by atoms with Gasteiger partial charge in [0.2, 0.25) is 0 Å². The van der Waals surface area contributed by atoms with Crippen molar-refractivity contribution in [1.29, 1.82) is 5.26 Å². The predicted octanol–water partition coefficient (Wildman–Crippen LogP) is 1.87. The normalized spacial score (nSPS) is 10.4. The van der Waals surface area contributed by atoms with E-state index < -0.39 is 0 Å². The zero-order chi connectivity index (χ0) is 12.5. The number of nitrogens with zero attached hydrogens (tertiary/aromatic N) is 4. The highest BCUT2D eigenvalue weighted by Gasteiger charge is 2.08. The largest absolute Gasteiger partial charge is 0.399 e. The number of nitriles is 1. The molecule has 5 heteroatoms. The van der Waals surface area contributed by atoms with E-state index >= 15 is 0 Å². The number of anilines is 1. The molecule has 1 aromatic carbocycles. The molecule has 0 fully saturated rings. The number of benzene rings is 1. The van der Waals surface area contributed by atoms with Crippen molar-refractivity contribution < 1.29 is 0 Å². The van der Waals surface area contributed by atoms with Gasteiger partial charge in [0.25, 0.3) is 0 Å². The first kappa shape index (κ1) is 10.3. The zero-order valence-corrected chi connectivity index (χ0v) is 9.41. The van der Waals surface area contributed by atoms with Crippen molar-refractivity contribution in [1.82, 2.24) is 14.5 Å². The third-order valence-electron chi connectivity index (χ3n) is 2.73. The van der Waals surface area contributed by atoms with Crippen LogP contribution in [-0.2, 0) is 0 Å². The van der Waals surface area contributed by atoms with Crippen LogP contribution in [0.1, 0.15) is 5.69 Å². The first-order valence-corrected chi connectivity index (χ1v) is 5.37. The number of hydrogen-bond acceptors (Lipinski definition) is 4. The topological polar surface area (TPSA) is 80.5 Å². The van der Waals surface area contributed by atoms with Crippen LogP contribution < -0.4 is 5.73 Å². The van der Waals surface area contributed by atoms with Crippen molar-refractivity contribution in [2.75, 3.05) is 5.73 Å². The first-order valence-electron chi connectivity index (χ1n) is 5.37. The summed E-state index contributed by atoms with van der Waals surface area (Å²) >= 11 is 0. The minimum Gasteiger partial charge on any atom is -0.399 e. The van der Waals surface area contributed by atoms with Gasteiger partial charge in [0.1, 0.15) is 23.9 Å². The fourth-order valence-corrected chi connectivity index (χ4v) is 1.91. The molecule has 0 unspecified atom stereocenters. The number of fused-ring (bicyclic) bond motifs is 1. The molecule has 86 valence electrons. The fourth-order valence-electron chi connectivity index (χ4n) is 1.91. The summed E-state index contributed by atoms with van der Waals surface area (Å²) in [6.07, 6.45) is 3.28. The van der Waals surface area contributed by atoms with Crippen LogP contribution in [0.2, 0.25) is 0 Å². The summed E-state index contributed by atoms with van der Waals surface area (Å²) < 4.78 is 1.73. The second-order valence-corrected chi connectivity index (χ2v) is 3.85. The molecule has 0 bridgehead atoms. The predicted molar refractivity (Wildman–Crippen MR) is 68.0 cm³/mol. The van der Waals surface area contributed by atoms with Crippen molar-refractivity contribution >= 4 is 16.6 Å². The highest BCUT2D eigenvalue weighted by Crippen LogP contribution is 2.22. The molecule has 0 aliphatic heterocycles. The lowest BCUT2D eigenvalue weighted by Crippen LogP contribution is -2.01. The Balaban J connectivity index is 2.36. The second-order valence-electron chi connectivity index (χ2n) is 3.85. The highest BCUT2D eigenvalue weighted by molar-refractivity contribution is 5.88. The summed E-state index contributed by atoms with van der Waals surface area (Å²) in [5.74, 6) is 0.661. The molecule has 0 aliphatic rings. The van der Waals surface area contributed by atoms with Gasteiger partial charge in [0.05, 0.1) is 5.52 Å². The van der Waals surface area contributed by atoms with E-state index in [9.17, 15) is 0 Å². The van der Waals surface area contributed by atoms with Gasteiger partial charge in [0.15, 0.2) is 0 Å². The molecule has 3 aromatic rings. The Kier molecular flexibility index (Phi) is 2.21. The minimum absolute atomic E-state index is 0.525. The molecule has 3 rings (SSSR count). The monoisotopic (exact) mass is 235 g/mol. The summed E-state index contributed by atoms with van der Waals surface area (Å²) in [5.41, 5.74) is 7.75. The molecule has 0 amide bonds. The van der Waals surface area contributed by atoms with Crippen LogP contribution in [0.5, 0.6) is 0 Å². The maximum Gasteiger partial charge on any atom is 0.149 e. The van der Waals surface area contributed by atoms with E-state index in [-0.39, 0.29) is 0 Å². The lowest BCUT2D eigenvalue weighted by molar-refractivity contribution is 0.989. The third-order valence-corrected chi connectivity index (χ3v) is 2.73. The molecule has 2 heterocycles. The maximum absolute atomic E-state index is 9.06. The van der Waals surface area contributed by atoms with E-state index in [1.54, 1.807) is 29.0 Å².